The molecule has 0 amide bonds. The van der Waals surface area contributed by atoms with Gasteiger partial charge in [-0.3, -0.25) is 0 Å². The molecule has 0 aliphatic carbocycles. The lowest BCUT2D eigenvalue weighted by Gasteiger charge is -2.15. The third-order valence-electron chi connectivity index (χ3n) is 4.54. The Kier molecular flexibility index (Phi) is 6.29. The van der Waals surface area contributed by atoms with E-state index in [9.17, 15) is 4.79 Å². The summed E-state index contributed by atoms with van der Waals surface area (Å²) in [7, 11) is 7.97. The van der Waals surface area contributed by atoms with E-state index in [1.54, 1.807) is 24.3 Å². The van der Waals surface area contributed by atoms with Gasteiger partial charge in [0, 0.05) is 50.7 Å². The molecule has 3 aromatic carbocycles. The fourth-order valence-corrected chi connectivity index (χ4v) is 2.82. The van der Waals surface area contributed by atoms with Gasteiger partial charge in [0.25, 0.3) is 0 Å². The number of rotatable bonds is 6. The quantitative estimate of drug-likeness (QED) is 0.357. The summed E-state index contributed by atoms with van der Waals surface area (Å²) < 4.78 is 0. The van der Waals surface area contributed by atoms with Crippen LogP contribution in [0.4, 0.5) is 11.4 Å². The maximum absolute atomic E-state index is 12.4. The molecule has 0 aliphatic rings. The molecule has 0 heterocycles. The van der Waals surface area contributed by atoms with Crippen molar-refractivity contribution in [3.05, 3.63) is 95.6 Å². The lowest BCUT2D eigenvalue weighted by molar-refractivity contribution is 0.0517. The van der Waals surface area contributed by atoms with E-state index in [1.165, 1.54) is 0 Å². The van der Waals surface area contributed by atoms with Crippen molar-refractivity contribution in [2.45, 2.75) is 0 Å². The fraction of sp³-hybridized carbons (Fsp3) is 0.167. The standard InChI is InChI=1S/C24H25N3O2/c1-26(2)21-14-10-18(11-15-21)23(19-12-16-22(17-13-19)27(3)4)25-29-24(28)20-8-6-5-7-9-20/h5-17H,1-4H3. The van der Waals surface area contributed by atoms with Crippen LogP contribution in [0.5, 0.6) is 0 Å². The smallest absolute Gasteiger partial charge is 0.365 e. The summed E-state index contributed by atoms with van der Waals surface area (Å²) >= 11 is 0. The number of carbonyl (C=O) groups excluding carboxylic acids is 1. The molecule has 5 nitrogen and oxygen atoms in total. The van der Waals surface area contributed by atoms with Gasteiger partial charge in [0.15, 0.2) is 0 Å². The SMILES string of the molecule is CN(C)c1ccc(C(=NOC(=O)c2ccccc2)c2ccc(N(C)C)cc2)cc1. The molecule has 0 fully saturated rings. The topological polar surface area (TPSA) is 45.1 Å². The van der Waals surface area contributed by atoms with E-state index in [-0.39, 0.29) is 0 Å². The molecule has 0 radical (unpaired) electrons. The molecule has 3 rings (SSSR count). The van der Waals surface area contributed by atoms with Crippen molar-refractivity contribution in [3.8, 4) is 0 Å². The maximum Gasteiger partial charge on any atom is 0.365 e. The first kappa shape index (κ1) is 20.1. The van der Waals surface area contributed by atoms with E-state index < -0.39 is 5.97 Å². The molecule has 0 bridgehead atoms. The molecule has 0 unspecified atom stereocenters. The number of carbonyl (C=O) groups is 1. The Balaban J connectivity index is 1.95. The summed E-state index contributed by atoms with van der Waals surface area (Å²) in [6.07, 6.45) is 0. The molecule has 148 valence electrons. The van der Waals surface area contributed by atoms with Crippen LogP contribution in [0.15, 0.2) is 84.0 Å². The molecule has 0 spiro atoms. The lowest BCUT2D eigenvalue weighted by Crippen LogP contribution is -2.11. The number of hydrogen-bond acceptors (Lipinski definition) is 5. The third-order valence-corrected chi connectivity index (χ3v) is 4.54. The van der Waals surface area contributed by atoms with Gasteiger partial charge in [0.1, 0.15) is 5.71 Å². The highest BCUT2D eigenvalue weighted by molar-refractivity contribution is 6.13. The number of hydrogen-bond donors (Lipinski definition) is 0. The second-order valence-corrected chi connectivity index (χ2v) is 7.07. The maximum atomic E-state index is 12.4. The van der Waals surface area contributed by atoms with E-state index >= 15 is 0 Å². The zero-order valence-corrected chi connectivity index (χ0v) is 17.2. The minimum Gasteiger partial charge on any atom is -0.378 e. The zero-order valence-electron chi connectivity index (χ0n) is 17.2. The number of nitrogens with zero attached hydrogens (tertiary/aromatic N) is 3. The Labute approximate surface area is 171 Å². The zero-order chi connectivity index (χ0) is 20.8. The fourth-order valence-electron chi connectivity index (χ4n) is 2.82. The molecular weight excluding hydrogens is 362 g/mol. The van der Waals surface area contributed by atoms with Gasteiger partial charge in [-0.2, -0.15) is 0 Å². The van der Waals surface area contributed by atoms with Crippen LogP contribution in [-0.4, -0.2) is 39.9 Å². The van der Waals surface area contributed by atoms with Gasteiger partial charge in [0.05, 0.1) is 5.56 Å². The van der Waals surface area contributed by atoms with E-state index in [0.29, 0.717) is 11.3 Å². The first-order valence-electron chi connectivity index (χ1n) is 9.35. The summed E-state index contributed by atoms with van der Waals surface area (Å²) in [6.45, 7) is 0. The van der Waals surface area contributed by atoms with Gasteiger partial charge < -0.3 is 14.6 Å². The van der Waals surface area contributed by atoms with Crippen molar-refractivity contribution in [2.24, 2.45) is 5.16 Å². The first-order chi connectivity index (χ1) is 14.0. The number of anilines is 2. The van der Waals surface area contributed by atoms with Gasteiger partial charge in [-0.05, 0) is 36.4 Å². The molecule has 0 N–H and O–H groups in total. The second-order valence-electron chi connectivity index (χ2n) is 7.07. The Bertz CT molecular complexity index is 923. The Morgan fingerprint density at radius 2 is 1.10 bits per heavy atom. The summed E-state index contributed by atoms with van der Waals surface area (Å²) in [5.41, 5.74) is 4.96. The molecule has 3 aromatic rings. The summed E-state index contributed by atoms with van der Waals surface area (Å²) in [4.78, 5) is 21.7. The minimum atomic E-state index is -0.488. The lowest BCUT2D eigenvalue weighted by atomic mass is 10.0. The highest BCUT2D eigenvalue weighted by Crippen LogP contribution is 2.19. The highest BCUT2D eigenvalue weighted by atomic mass is 16.7. The van der Waals surface area contributed by atoms with Crippen LogP contribution in [0.3, 0.4) is 0 Å². The van der Waals surface area contributed by atoms with Crippen LogP contribution in [0, 0.1) is 0 Å². The monoisotopic (exact) mass is 387 g/mol. The van der Waals surface area contributed by atoms with Crippen LogP contribution >= 0.6 is 0 Å². The molecule has 0 saturated heterocycles. The van der Waals surface area contributed by atoms with Crippen molar-refractivity contribution in [3.63, 3.8) is 0 Å². The Morgan fingerprint density at radius 3 is 1.52 bits per heavy atom. The minimum absolute atomic E-state index is 0.460. The van der Waals surface area contributed by atoms with E-state index in [1.807, 2.05) is 92.6 Å². The van der Waals surface area contributed by atoms with Crippen molar-refractivity contribution < 1.29 is 9.63 Å². The summed E-state index contributed by atoms with van der Waals surface area (Å²) in [6, 6.07) is 24.8. The Morgan fingerprint density at radius 1 is 0.655 bits per heavy atom. The van der Waals surface area contributed by atoms with Crippen LogP contribution in [0.25, 0.3) is 0 Å². The molecule has 0 atom stereocenters. The average Bonchev–Trinajstić information content (AvgIpc) is 2.75. The molecule has 29 heavy (non-hydrogen) atoms. The van der Waals surface area contributed by atoms with Crippen LogP contribution in [0.1, 0.15) is 21.5 Å². The predicted octanol–water partition coefficient (Wildman–Crippen LogP) is 4.43. The van der Waals surface area contributed by atoms with E-state index in [0.717, 1.165) is 22.5 Å². The van der Waals surface area contributed by atoms with Gasteiger partial charge in [-0.1, -0.05) is 47.6 Å². The van der Waals surface area contributed by atoms with Crippen LogP contribution in [0.2, 0.25) is 0 Å². The van der Waals surface area contributed by atoms with E-state index in [4.69, 9.17) is 4.84 Å². The number of oxime groups is 1. The normalized spacial score (nSPS) is 10.2. The highest BCUT2D eigenvalue weighted by Gasteiger charge is 2.12. The first-order valence-corrected chi connectivity index (χ1v) is 9.35. The van der Waals surface area contributed by atoms with Crippen LogP contribution < -0.4 is 9.80 Å². The van der Waals surface area contributed by atoms with E-state index in [2.05, 4.69) is 5.16 Å². The van der Waals surface area contributed by atoms with Gasteiger partial charge in [-0.25, -0.2) is 4.79 Å². The summed E-state index contributed by atoms with van der Waals surface area (Å²) in [5, 5.41) is 4.23. The van der Waals surface area contributed by atoms with Crippen molar-refractivity contribution in [1.29, 1.82) is 0 Å². The van der Waals surface area contributed by atoms with Crippen molar-refractivity contribution >= 4 is 23.1 Å². The van der Waals surface area contributed by atoms with Gasteiger partial charge in [0.2, 0.25) is 0 Å². The van der Waals surface area contributed by atoms with Crippen molar-refractivity contribution in [1.82, 2.24) is 0 Å². The molecular formula is C24H25N3O2. The molecule has 0 aromatic heterocycles. The molecule has 5 heteroatoms. The summed E-state index contributed by atoms with van der Waals surface area (Å²) in [5.74, 6) is -0.488. The largest absolute Gasteiger partial charge is 0.378 e. The number of benzene rings is 3. The predicted molar refractivity (Wildman–Crippen MR) is 119 cm³/mol. The van der Waals surface area contributed by atoms with Gasteiger partial charge >= 0.3 is 5.97 Å². The van der Waals surface area contributed by atoms with Crippen LogP contribution in [-0.2, 0) is 4.84 Å². The average molecular weight is 387 g/mol. The Hall–Kier alpha value is -3.60. The third kappa shape index (κ3) is 5.02. The molecule has 0 saturated carbocycles. The second kappa shape index (κ2) is 9.06. The molecule has 0 aliphatic heterocycles. The van der Waals surface area contributed by atoms with Gasteiger partial charge in [-0.15, -0.1) is 0 Å². The van der Waals surface area contributed by atoms with Crippen molar-refractivity contribution in [2.75, 3.05) is 38.0 Å².